The molecule has 0 bridgehead atoms. The zero-order valence-electron chi connectivity index (χ0n) is 11.6. The van der Waals surface area contributed by atoms with Gasteiger partial charge in [-0.3, -0.25) is 0 Å². The molecule has 1 N–H and O–H groups in total. The molecule has 0 aliphatic heterocycles. The average Bonchev–Trinajstić information content (AvgIpc) is 3.24. The Morgan fingerprint density at radius 2 is 1.86 bits per heavy atom. The molecule has 0 aromatic heterocycles. The summed E-state index contributed by atoms with van der Waals surface area (Å²) in [5.74, 6) is -4.09. The summed E-state index contributed by atoms with van der Waals surface area (Å²) < 4.78 is 54.4. The van der Waals surface area contributed by atoms with Crippen LogP contribution < -0.4 is 5.32 Å². The number of hydrogen-bond donors (Lipinski definition) is 1. The molecule has 118 valence electrons. The highest BCUT2D eigenvalue weighted by Crippen LogP contribution is 2.24. The van der Waals surface area contributed by atoms with Gasteiger partial charge in [0, 0.05) is 6.04 Å². The third-order valence-electron chi connectivity index (χ3n) is 3.39. The zero-order valence-corrected chi connectivity index (χ0v) is 11.6. The Morgan fingerprint density at radius 3 is 2.48 bits per heavy atom. The largest absolute Gasteiger partial charge is 0.370 e. The molecular weight excluding hydrogens is 286 g/mol. The van der Waals surface area contributed by atoms with Gasteiger partial charge in [0.15, 0.2) is 0 Å². The second kappa shape index (κ2) is 7.22. The number of nitrogens with one attached hydrogen (secondary N) is 1. The van der Waals surface area contributed by atoms with Crippen LogP contribution in [-0.2, 0) is 17.8 Å². The molecular formula is C15H19F4NO. The monoisotopic (exact) mass is 305 g/mol. The minimum atomic E-state index is -4.09. The van der Waals surface area contributed by atoms with E-state index in [1.54, 1.807) is 12.1 Å². The lowest BCUT2D eigenvalue weighted by Crippen LogP contribution is -2.32. The molecule has 0 amide bonds. The molecule has 1 saturated carbocycles. The maximum Gasteiger partial charge on any atom is 0.330 e. The summed E-state index contributed by atoms with van der Waals surface area (Å²) in [6.07, 6.45) is -0.530. The first kappa shape index (κ1) is 16.2. The summed E-state index contributed by atoms with van der Waals surface area (Å²) in [7, 11) is 0. The summed E-state index contributed by atoms with van der Waals surface area (Å²) in [5.41, 5.74) is 1.76. The standard InChI is InChI=1S/C15H19F4NO/c16-14(17)15(18,19)10-21-9-12-4-2-1-3-11(12)7-8-20-13-5-6-13/h1-4,13-14,20H,5-10H2. The summed E-state index contributed by atoms with van der Waals surface area (Å²) in [6, 6.07) is 7.93. The fourth-order valence-corrected chi connectivity index (χ4v) is 2.00. The Labute approximate surface area is 121 Å². The van der Waals surface area contributed by atoms with Crippen LogP contribution in [0.5, 0.6) is 0 Å². The van der Waals surface area contributed by atoms with E-state index in [0.29, 0.717) is 6.04 Å². The number of alkyl halides is 4. The maximum atomic E-state index is 12.8. The van der Waals surface area contributed by atoms with E-state index in [9.17, 15) is 17.6 Å². The van der Waals surface area contributed by atoms with Crippen molar-refractivity contribution in [2.45, 2.75) is 44.3 Å². The van der Waals surface area contributed by atoms with E-state index in [0.717, 1.165) is 24.1 Å². The SMILES string of the molecule is FC(F)C(F)(F)COCc1ccccc1CCNC1CC1. The van der Waals surface area contributed by atoms with E-state index in [1.807, 2.05) is 12.1 Å². The average molecular weight is 305 g/mol. The summed E-state index contributed by atoms with van der Waals surface area (Å²) >= 11 is 0. The van der Waals surface area contributed by atoms with Crippen molar-refractivity contribution < 1.29 is 22.3 Å². The van der Waals surface area contributed by atoms with Crippen LogP contribution in [0.4, 0.5) is 17.6 Å². The normalized spacial score (nSPS) is 15.7. The molecule has 0 radical (unpaired) electrons. The fraction of sp³-hybridized carbons (Fsp3) is 0.600. The van der Waals surface area contributed by atoms with Gasteiger partial charge in [0.2, 0.25) is 0 Å². The summed E-state index contributed by atoms with van der Waals surface area (Å²) in [5, 5.41) is 3.37. The lowest BCUT2D eigenvalue weighted by Gasteiger charge is -2.16. The lowest BCUT2D eigenvalue weighted by atomic mass is 10.1. The fourth-order valence-electron chi connectivity index (χ4n) is 2.00. The number of halogens is 4. The van der Waals surface area contributed by atoms with Crippen molar-refractivity contribution in [1.29, 1.82) is 0 Å². The Hall–Kier alpha value is -1.14. The molecule has 0 unspecified atom stereocenters. The van der Waals surface area contributed by atoms with Crippen LogP contribution in [0.1, 0.15) is 24.0 Å². The van der Waals surface area contributed by atoms with Crippen LogP contribution >= 0.6 is 0 Å². The molecule has 21 heavy (non-hydrogen) atoms. The van der Waals surface area contributed by atoms with E-state index in [2.05, 4.69) is 5.32 Å². The van der Waals surface area contributed by atoms with Crippen molar-refractivity contribution in [2.24, 2.45) is 0 Å². The van der Waals surface area contributed by atoms with Crippen LogP contribution in [-0.4, -0.2) is 31.5 Å². The number of benzene rings is 1. The predicted molar refractivity (Wildman–Crippen MR) is 71.8 cm³/mol. The van der Waals surface area contributed by atoms with E-state index in [1.165, 1.54) is 12.8 Å². The van der Waals surface area contributed by atoms with Gasteiger partial charge in [-0.15, -0.1) is 0 Å². The highest BCUT2D eigenvalue weighted by Gasteiger charge is 2.40. The lowest BCUT2D eigenvalue weighted by molar-refractivity contribution is -0.168. The molecule has 1 aliphatic carbocycles. The molecule has 1 aliphatic rings. The van der Waals surface area contributed by atoms with Crippen molar-refractivity contribution in [1.82, 2.24) is 5.32 Å². The minimum Gasteiger partial charge on any atom is -0.370 e. The van der Waals surface area contributed by atoms with Gasteiger partial charge in [0.05, 0.1) is 6.61 Å². The van der Waals surface area contributed by atoms with Crippen molar-refractivity contribution in [2.75, 3.05) is 13.2 Å². The van der Waals surface area contributed by atoms with E-state index < -0.39 is 19.0 Å². The Morgan fingerprint density at radius 1 is 1.19 bits per heavy atom. The quantitative estimate of drug-likeness (QED) is 0.706. The summed E-state index contributed by atoms with van der Waals surface area (Å²) in [6.45, 7) is -0.532. The van der Waals surface area contributed by atoms with Crippen LogP contribution in [0.15, 0.2) is 24.3 Å². The van der Waals surface area contributed by atoms with Gasteiger partial charge < -0.3 is 10.1 Å². The smallest absolute Gasteiger partial charge is 0.330 e. The molecule has 2 rings (SSSR count). The van der Waals surface area contributed by atoms with Gasteiger partial charge in [-0.25, -0.2) is 8.78 Å². The van der Waals surface area contributed by atoms with Gasteiger partial charge >= 0.3 is 12.3 Å². The Balaban J connectivity index is 1.81. The topological polar surface area (TPSA) is 21.3 Å². The van der Waals surface area contributed by atoms with Crippen LogP contribution in [0.3, 0.4) is 0 Å². The first-order valence-corrected chi connectivity index (χ1v) is 7.03. The van der Waals surface area contributed by atoms with Gasteiger partial charge in [0.1, 0.15) is 6.61 Å². The number of hydrogen-bond acceptors (Lipinski definition) is 2. The minimum absolute atomic E-state index is 0.0814. The highest BCUT2D eigenvalue weighted by atomic mass is 19.3. The third kappa shape index (κ3) is 5.28. The van der Waals surface area contributed by atoms with Crippen molar-refractivity contribution in [3.05, 3.63) is 35.4 Å². The van der Waals surface area contributed by atoms with Crippen molar-refractivity contribution >= 4 is 0 Å². The molecule has 0 atom stereocenters. The molecule has 0 spiro atoms. The molecule has 0 saturated heterocycles. The second-order valence-electron chi connectivity index (χ2n) is 5.30. The molecule has 1 aromatic rings. The zero-order chi connectivity index (χ0) is 15.3. The van der Waals surface area contributed by atoms with E-state index in [-0.39, 0.29) is 6.61 Å². The molecule has 6 heteroatoms. The Bertz CT molecular complexity index is 449. The highest BCUT2D eigenvalue weighted by molar-refractivity contribution is 5.26. The van der Waals surface area contributed by atoms with E-state index >= 15 is 0 Å². The number of rotatable bonds is 9. The molecule has 0 heterocycles. The first-order valence-electron chi connectivity index (χ1n) is 7.03. The first-order chi connectivity index (χ1) is 9.99. The van der Waals surface area contributed by atoms with Gasteiger partial charge in [0.25, 0.3) is 0 Å². The van der Waals surface area contributed by atoms with Gasteiger partial charge in [-0.2, -0.15) is 8.78 Å². The van der Waals surface area contributed by atoms with Crippen LogP contribution in [0.25, 0.3) is 0 Å². The van der Waals surface area contributed by atoms with E-state index in [4.69, 9.17) is 4.74 Å². The molecule has 2 nitrogen and oxygen atoms in total. The predicted octanol–water partition coefficient (Wildman–Crippen LogP) is 3.40. The van der Waals surface area contributed by atoms with Crippen LogP contribution in [0, 0.1) is 0 Å². The maximum absolute atomic E-state index is 12.8. The van der Waals surface area contributed by atoms with Crippen molar-refractivity contribution in [3.8, 4) is 0 Å². The molecule has 1 aromatic carbocycles. The van der Waals surface area contributed by atoms with Crippen LogP contribution in [0.2, 0.25) is 0 Å². The summed E-state index contributed by atoms with van der Waals surface area (Å²) in [4.78, 5) is 0. The Kier molecular flexibility index (Phi) is 5.58. The van der Waals surface area contributed by atoms with Gasteiger partial charge in [-0.1, -0.05) is 24.3 Å². The van der Waals surface area contributed by atoms with Gasteiger partial charge in [-0.05, 0) is 36.9 Å². The second-order valence-corrected chi connectivity index (χ2v) is 5.30. The third-order valence-corrected chi connectivity index (χ3v) is 3.39. The number of ether oxygens (including phenoxy) is 1. The molecule has 1 fully saturated rings. The van der Waals surface area contributed by atoms with Crippen molar-refractivity contribution in [3.63, 3.8) is 0 Å².